The molecule has 0 radical (unpaired) electrons. The first-order chi connectivity index (χ1) is 12.2. The van der Waals surface area contributed by atoms with Crippen molar-refractivity contribution in [3.8, 4) is 0 Å². The lowest BCUT2D eigenvalue weighted by Gasteiger charge is -2.34. The first-order valence-electron chi connectivity index (χ1n) is 9.11. The highest BCUT2D eigenvalue weighted by molar-refractivity contribution is 5.76. The van der Waals surface area contributed by atoms with Crippen molar-refractivity contribution in [2.45, 2.75) is 44.2 Å². The van der Waals surface area contributed by atoms with Gasteiger partial charge in [-0.1, -0.05) is 35.5 Å². The van der Waals surface area contributed by atoms with Crippen molar-refractivity contribution in [3.63, 3.8) is 0 Å². The van der Waals surface area contributed by atoms with Crippen molar-refractivity contribution >= 4 is 5.91 Å². The van der Waals surface area contributed by atoms with Gasteiger partial charge in [-0.15, -0.1) is 5.10 Å². The summed E-state index contributed by atoms with van der Waals surface area (Å²) in [5.41, 5.74) is 1.97. The minimum Gasteiger partial charge on any atom is -0.388 e. The number of carbonyl (C=O) groups excluding carboxylic acids is 1. The number of benzene rings is 1. The number of likely N-dealkylation sites (tertiary alicyclic amines) is 1. The summed E-state index contributed by atoms with van der Waals surface area (Å²) in [6.07, 6.45) is 5.48. The summed E-state index contributed by atoms with van der Waals surface area (Å²) in [5.74, 6) is 0.846. The van der Waals surface area contributed by atoms with Gasteiger partial charge >= 0.3 is 0 Å². The lowest BCUT2D eigenvalue weighted by Crippen LogP contribution is -2.41. The summed E-state index contributed by atoms with van der Waals surface area (Å²) in [4.78, 5) is 14.4. The maximum Gasteiger partial charge on any atom is 0.244 e. The van der Waals surface area contributed by atoms with Gasteiger partial charge in [0, 0.05) is 25.2 Å². The van der Waals surface area contributed by atoms with Gasteiger partial charge < -0.3 is 10.0 Å². The van der Waals surface area contributed by atoms with E-state index in [2.05, 4.69) is 10.3 Å². The van der Waals surface area contributed by atoms with E-state index < -0.39 is 6.10 Å². The van der Waals surface area contributed by atoms with Crippen molar-refractivity contribution in [3.05, 3.63) is 47.8 Å². The first kappa shape index (κ1) is 16.3. The van der Waals surface area contributed by atoms with Gasteiger partial charge in [-0.2, -0.15) is 0 Å². The largest absolute Gasteiger partial charge is 0.388 e. The predicted molar refractivity (Wildman–Crippen MR) is 92.7 cm³/mol. The summed E-state index contributed by atoms with van der Waals surface area (Å²) in [6, 6.07) is 9.78. The van der Waals surface area contributed by atoms with Gasteiger partial charge in [0.05, 0.1) is 11.8 Å². The molecule has 6 heteroatoms. The fourth-order valence-corrected chi connectivity index (χ4v) is 3.58. The van der Waals surface area contributed by atoms with Crippen LogP contribution in [0.5, 0.6) is 0 Å². The predicted octanol–water partition coefficient (Wildman–Crippen LogP) is 2.13. The van der Waals surface area contributed by atoms with Crippen LogP contribution in [0.3, 0.4) is 0 Å². The fraction of sp³-hybridized carbons (Fsp3) is 0.526. The van der Waals surface area contributed by atoms with E-state index in [1.807, 2.05) is 41.4 Å². The number of nitrogens with zero attached hydrogens (tertiary/aromatic N) is 4. The third-order valence-electron chi connectivity index (χ3n) is 5.33. The van der Waals surface area contributed by atoms with Crippen molar-refractivity contribution in [2.75, 3.05) is 13.1 Å². The molecule has 2 heterocycles. The molecule has 2 fully saturated rings. The van der Waals surface area contributed by atoms with Crippen LogP contribution in [-0.2, 0) is 11.3 Å². The summed E-state index contributed by atoms with van der Waals surface area (Å²) < 4.78 is 1.65. The molecule has 0 bridgehead atoms. The van der Waals surface area contributed by atoms with Gasteiger partial charge in [0.1, 0.15) is 6.54 Å². The van der Waals surface area contributed by atoms with Crippen LogP contribution in [0, 0.1) is 5.92 Å². The Bertz CT molecular complexity index is 718. The second-order valence-electron chi connectivity index (χ2n) is 7.19. The van der Waals surface area contributed by atoms with Crippen LogP contribution in [0.2, 0.25) is 0 Å². The minimum atomic E-state index is -0.449. The maximum atomic E-state index is 12.5. The summed E-state index contributed by atoms with van der Waals surface area (Å²) in [6.45, 7) is 1.64. The molecule has 1 aromatic carbocycles. The third-order valence-corrected chi connectivity index (χ3v) is 5.33. The van der Waals surface area contributed by atoms with E-state index >= 15 is 0 Å². The molecule has 1 aromatic heterocycles. The fourth-order valence-electron chi connectivity index (χ4n) is 3.58. The van der Waals surface area contributed by atoms with Crippen LogP contribution in [0.1, 0.15) is 49.0 Å². The zero-order valence-electron chi connectivity index (χ0n) is 14.3. The summed E-state index contributed by atoms with van der Waals surface area (Å²) >= 11 is 0. The van der Waals surface area contributed by atoms with Crippen LogP contribution in [0.4, 0.5) is 0 Å². The van der Waals surface area contributed by atoms with E-state index in [0.29, 0.717) is 19.0 Å². The number of aliphatic hydroxyl groups is 1. The van der Waals surface area contributed by atoms with E-state index in [9.17, 15) is 9.90 Å². The Morgan fingerprint density at radius 3 is 2.56 bits per heavy atom. The van der Waals surface area contributed by atoms with Crippen LogP contribution in [0.25, 0.3) is 0 Å². The van der Waals surface area contributed by atoms with Gasteiger partial charge in [-0.05, 0) is 37.2 Å². The highest BCUT2D eigenvalue weighted by Crippen LogP contribution is 2.38. The molecule has 4 rings (SSSR count). The molecule has 1 amide bonds. The average molecular weight is 340 g/mol. The molecule has 132 valence electrons. The Hall–Kier alpha value is -2.21. The molecule has 6 nitrogen and oxygen atoms in total. The highest BCUT2D eigenvalue weighted by atomic mass is 16.3. The van der Waals surface area contributed by atoms with Crippen molar-refractivity contribution in [1.82, 2.24) is 19.9 Å². The maximum absolute atomic E-state index is 12.5. The highest BCUT2D eigenvalue weighted by Gasteiger charge is 2.29. The molecule has 2 aromatic rings. The Labute approximate surface area is 147 Å². The number of hydrogen-bond donors (Lipinski definition) is 1. The Morgan fingerprint density at radius 2 is 1.88 bits per heavy atom. The molecule has 1 saturated carbocycles. The van der Waals surface area contributed by atoms with Gasteiger partial charge in [0.25, 0.3) is 0 Å². The Kier molecular flexibility index (Phi) is 4.53. The molecular weight excluding hydrogens is 316 g/mol. The molecule has 1 atom stereocenters. The SMILES string of the molecule is O=C(Cn1cc(C2CC2)nn1)N1CCC(C(O)c2ccccc2)CC1. The number of carbonyl (C=O) groups is 1. The topological polar surface area (TPSA) is 71.2 Å². The quantitative estimate of drug-likeness (QED) is 0.905. The van der Waals surface area contributed by atoms with Crippen LogP contribution in [0.15, 0.2) is 36.5 Å². The number of aliphatic hydroxyl groups excluding tert-OH is 1. The van der Waals surface area contributed by atoms with E-state index in [1.165, 1.54) is 12.8 Å². The van der Waals surface area contributed by atoms with E-state index in [1.54, 1.807) is 4.68 Å². The monoisotopic (exact) mass is 340 g/mol. The number of piperidine rings is 1. The summed E-state index contributed by atoms with van der Waals surface area (Å²) in [5, 5.41) is 18.8. The van der Waals surface area contributed by atoms with Crippen molar-refractivity contribution in [1.29, 1.82) is 0 Å². The Balaban J connectivity index is 1.29. The van der Waals surface area contributed by atoms with E-state index in [0.717, 1.165) is 24.1 Å². The number of rotatable bonds is 5. The van der Waals surface area contributed by atoms with Gasteiger partial charge in [-0.3, -0.25) is 4.79 Å². The molecule has 2 aliphatic rings. The second kappa shape index (κ2) is 6.96. The Morgan fingerprint density at radius 1 is 1.16 bits per heavy atom. The first-order valence-corrected chi connectivity index (χ1v) is 9.11. The molecule has 0 spiro atoms. The summed E-state index contributed by atoms with van der Waals surface area (Å²) in [7, 11) is 0. The normalized spacial score (nSPS) is 19.8. The van der Waals surface area contributed by atoms with Gasteiger partial charge in [0.2, 0.25) is 5.91 Å². The molecule has 1 aliphatic heterocycles. The number of hydrogen-bond acceptors (Lipinski definition) is 4. The minimum absolute atomic E-state index is 0.0832. The number of amides is 1. The molecular formula is C19H24N4O2. The number of aromatic nitrogens is 3. The van der Waals surface area contributed by atoms with Crippen LogP contribution in [-0.4, -0.2) is 44.0 Å². The zero-order valence-corrected chi connectivity index (χ0v) is 14.3. The molecule has 1 unspecified atom stereocenters. The van der Waals surface area contributed by atoms with E-state index in [4.69, 9.17) is 0 Å². The van der Waals surface area contributed by atoms with Crippen molar-refractivity contribution < 1.29 is 9.90 Å². The van der Waals surface area contributed by atoms with Gasteiger partial charge in [-0.25, -0.2) is 4.68 Å². The van der Waals surface area contributed by atoms with Crippen LogP contribution >= 0.6 is 0 Å². The molecule has 1 saturated heterocycles. The standard InChI is InChI=1S/C19H24N4O2/c24-18(13-23-12-17(20-21-23)14-6-7-14)22-10-8-16(9-11-22)19(25)15-4-2-1-3-5-15/h1-5,12,14,16,19,25H,6-11,13H2. The zero-order chi connectivity index (χ0) is 17.2. The molecule has 25 heavy (non-hydrogen) atoms. The third kappa shape index (κ3) is 3.74. The molecule has 1 N–H and O–H groups in total. The smallest absolute Gasteiger partial charge is 0.244 e. The van der Waals surface area contributed by atoms with Gasteiger partial charge in [0.15, 0.2) is 0 Å². The second-order valence-corrected chi connectivity index (χ2v) is 7.19. The van der Waals surface area contributed by atoms with E-state index in [-0.39, 0.29) is 18.4 Å². The lowest BCUT2D eigenvalue weighted by molar-refractivity contribution is -0.134. The van der Waals surface area contributed by atoms with Crippen molar-refractivity contribution in [2.24, 2.45) is 5.92 Å². The lowest BCUT2D eigenvalue weighted by atomic mass is 9.87. The molecule has 1 aliphatic carbocycles. The average Bonchev–Trinajstić information content (AvgIpc) is 3.41. The van der Waals surface area contributed by atoms with Crippen LogP contribution < -0.4 is 0 Å².